The molecule has 0 aromatic heterocycles. The van der Waals surface area contributed by atoms with Gasteiger partial charge in [0.05, 0.1) is 0 Å². The van der Waals surface area contributed by atoms with Gasteiger partial charge in [-0.3, -0.25) is 0 Å². The molecule has 0 heterocycles. The number of thiol groups is 1. The summed E-state index contributed by atoms with van der Waals surface area (Å²) < 4.78 is 0. The van der Waals surface area contributed by atoms with Crippen LogP contribution in [0.15, 0.2) is 23.1 Å². The summed E-state index contributed by atoms with van der Waals surface area (Å²) in [7, 11) is 0. The van der Waals surface area contributed by atoms with Crippen molar-refractivity contribution in [2.24, 2.45) is 0 Å². The van der Waals surface area contributed by atoms with Gasteiger partial charge in [0.2, 0.25) is 0 Å². The van der Waals surface area contributed by atoms with E-state index in [-0.39, 0.29) is 5.92 Å². The molecule has 1 atom stereocenters. The molecule has 1 aromatic rings. The highest BCUT2D eigenvalue weighted by atomic mass is 32.1. The number of carbonyl (C=O) groups excluding carboxylic acids is 1. The third-order valence-electron chi connectivity index (χ3n) is 2.21. The van der Waals surface area contributed by atoms with E-state index in [1.54, 1.807) is 0 Å². The Morgan fingerprint density at radius 1 is 1.54 bits per heavy atom. The van der Waals surface area contributed by atoms with Crippen molar-refractivity contribution < 1.29 is 4.79 Å². The van der Waals surface area contributed by atoms with E-state index in [0.717, 1.165) is 23.2 Å². The fraction of sp³-hybridized carbons (Fsp3) is 0.364. The molecule has 0 bridgehead atoms. The number of aldehydes is 1. The molecule has 2 heteroatoms. The highest BCUT2D eigenvalue weighted by molar-refractivity contribution is 7.80. The van der Waals surface area contributed by atoms with Crippen molar-refractivity contribution >= 4 is 18.9 Å². The number of carbonyl (C=O) groups is 1. The first-order valence-corrected chi connectivity index (χ1v) is 4.90. The highest BCUT2D eigenvalue weighted by Gasteiger charge is 2.05. The van der Waals surface area contributed by atoms with Crippen LogP contribution in [0.4, 0.5) is 0 Å². The molecule has 1 rings (SSSR count). The third-order valence-corrected chi connectivity index (χ3v) is 2.65. The van der Waals surface area contributed by atoms with E-state index >= 15 is 0 Å². The van der Waals surface area contributed by atoms with E-state index in [9.17, 15) is 4.79 Å². The van der Waals surface area contributed by atoms with Gasteiger partial charge < -0.3 is 4.79 Å². The van der Waals surface area contributed by atoms with Gasteiger partial charge >= 0.3 is 0 Å². The summed E-state index contributed by atoms with van der Waals surface area (Å²) in [6.07, 6.45) is 1.92. The van der Waals surface area contributed by atoms with Crippen LogP contribution in [0.1, 0.15) is 30.9 Å². The first-order chi connectivity index (χ1) is 6.19. The maximum atomic E-state index is 10.6. The van der Waals surface area contributed by atoms with Crippen molar-refractivity contribution in [1.82, 2.24) is 0 Å². The van der Waals surface area contributed by atoms with Gasteiger partial charge in [-0.2, -0.15) is 0 Å². The van der Waals surface area contributed by atoms with Crippen molar-refractivity contribution in [3.05, 3.63) is 29.3 Å². The molecule has 0 amide bonds. The van der Waals surface area contributed by atoms with E-state index in [0.29, 0.717) is 0 Å². The van der Waals surface area contributed by atoms with Crippen LogP contribution in [0.3, 0.4) is 0 Å². The van der Waals surface area contributed by atoms with Gasteiger partial charge in [-0.05, 0) is 23.6 Å². The molecule has 13 heavy (non-hydrogen) atoms. The summed E-state index contributed by atoms with van der Waals surface area (Å²) in [5.74, 6) is -0.0146. The van der Waals surface area contributed by atoms with E-state index in [2.05, 4.69) is 25.6 Å². The average molecular weight is 194 g/mol. The number of rotatable bonds is 3. The summed E-state index contributed by atoms with van der Waals surface area (Å²) in [4.78, 5) is 11.6. The minimum Gasteiger partial charge on any atom is -0.303 e. The summed E-state index contributed by atoms with van der Waals surface area (Å²) in [6.45, 7) is 3.99. The Hall–Kier alpha value is -0.760. The summed E-state index contributed by atoms with van der Waals surface area (Å²) >= 11 is 4.33. The Bertz CT molecular complexity index is 307. The molecule has 0 aliphatic carbocycles. The lowest BCUT2D eigenvalue weighted by Crippen LogP contribution is -1.96. The summed E-state index contributed by atoms with van der Waals surface area (Å²) in [5.41, 5.74) is 2.28. The molecule has 0 radical (unpaired) electrons. The van der Waals surface area contributed by atoms with Crippen LogP contribution in [0, 0.1) is 0 Å². The number of hydrogen-bond acceptors (Lipinski definition) is 2. The van der Waals surface area contributed by atoms with Crippen LogP contribution >= 0.6 is 12.6 Å². The smallest absolute Gasteiger partial charge is 0.127 e. The molecule has 0 aliphatic heterocycles. The van der Waals surface area contributed by atoms with Crippen molar-refractivity contribution in [1.29, 1.82) is 0 Å². The van der Waals surface area contributed by atoms with Gasteiger partial charge in [0.15, 0.2) is 0 Å². The SMILES string of the molecule is CCc1cc(C(C)C=O)ccc1S. The van der Waals surface area contributed by atoms with E-state index in [1.807, 2.05) is 19.1 Å². The van der Waals surface area contributed by atoms with Crippen LogP contribution < -0.4 is 0 Å². The van der Waals surface area contributed by atoms with Crippen LogP contribution in [0.25, 0.3) is 0 Å². The van der Waals surface area contributed by atoms with Crippen molar-refractivity contribution in [2.45, 2.75) is 31.1 Å². The molecule has 0 saturated carbocycles. The molecule has 1 unspecified atom stereocenters. The zero-order chi connectivity index (χ0) is 9.84. The molecule has 0 spiro atoms. The van der Waals surface area contributed by atoms with Crippen LogP contribution in [-0.2, 0) is 11.2 Å². The van der Waals surface area contributed by atoms with Gasteiger partial charge in [0.1, 0.15) is 6.29 Å². The minimum atomic E-state index is -0.0146. The zero-order valence-electron chi connectivity index (χ0n) is 7.95. The van der Waals surface area contributed by atoms with Crippen molar-refractivity contribution in [3.8, 4) is 0 Å². The largest absolute Gasteiger partial charge is 0.303 e. The molecule has 0 N–H and O–H groups in total. The monoisotopic (exact) mass is 194 g/mol. The van der Waals surface area contributed by atoms with E-state index in [4.69, 9.17) is 0 Å². The van der Waals surface area contributed by atoms with Crippen LogP contribution in [0.2, 0.25) is 0 Å². The number of aryl methyl sites for hydroxylation is 1. The summed E-state index contributed by atoms with van der Waals surface area (Å²) in [6, 6.07) is 5.97. The molecular weight excluding hydrogens is 180 g/mol. The molecule has 0 saturated heterocycles. The van der Waals surface area contributed by atoms with E-state index in [1.165, 1.54) is 5.56 Å². The maximum absolute atomic E-state index is 10.6. The normalized spacial score (nSPS) is 12.5. The van der Waals surface area contributed by atoms with E-state index < -0.39 is 0 Å². The summed E-state index contributed by atoms with van der Waals surface area (Å²) in [5, 5.41) is 0. The lowest BCUT2D eigenvalue weighted by Gasteiger charge is -2.08. The lowest BCUT2D eigenvalue weighted by molar-refractivity contribution is -0.108. The zero-order valence-corrected chi connectivity index (χ0v) is 8.84. The van der Waals surface area contributed by atoms with Crippen LogP contribution in [0.5, 0.6) is 0 Å². The predicted molar refractivity (Wildman–Crippen MR) is 57.6 cm³/mol. The van der Waals surface area contributed by atoms with Gasteiger partial charge in [-0.1, -0.05) is 26.0 Å². The molecular formula is C11H14OS. The fourth-order valence-electron chi connectivity index (χ4n) is 1.25. The third kappa shape index (κ3) is 2.34. The number of hydrogen-bond donors (Lipinski definition) is 1. The van der Waals surface area contributed by atoms with Gasteiger partial charge in [-0.15, -0.1) is 12.6 Å². The molecule has 70 valence electrons. The number of benzene rings is 1. The second kappa shape index (κ2) is 4.47. The molecule has 0 fully saturated rings. The first-order valence-electron chi connectivity index (χ1n) is 4.46. The molecule has 0 aliphatic rings. The van der Waals surface area contributed by atoms with Gasteiger partial charge in [-0.25, -0.2) is 0 Å². The van der Waals surface area contributed by atoms with Crippen LogP contribution in [-0.4, -0.2) is 6.29 Å². The molecule has 1 aromatic carbocycles. The Labute approximate surface area is 84.6 Å². The predicted octanol–water partition coefficient (Wildman–Crippen LogP) is 2.84. The maximum Gasteiger partial charge on any atom is 0.127 e. The second-order valence-electron chi connectivity index (χ2n) is 3.17. The average Bonchev–Trinajstić information content (AvgIpc) is 2.17. The standard InChI is InChI=1S/C11H14OS/c1-3-9-6-10(8(2)7-12)4-5-11(9)13/h4-8,13H,3H2,1-2H3. The Kier molecular flexibility index (Phi) is 3.55. The van der Waals surface area contributed by atoms with Crippen molar-refractivity contribution in [3.63, 3.8) is 0 Å². The Balaban J connectivity index is 3.05. The Morgan fingerprint density at radius 3 is 2.77 bits per heavy atom. The fourth-order valence-corrected chi connectivity index (χ4v) is 1.55. The van der Waals surface area contributed by atoms with Gasteiger partial charge in [0.25, 0.3) is 0 Å². The Morgan fingerprint density at radius 2 is 2.23 bits per heavy atom. The van der Waals surface area contributed by atoms with Crippen molar-refractivity contribution in [2.75, 3.05) is 0 Å². The topological polar surface area (TPSA) is 17.1 Å². The first kappa shape index (κ1) is 10.3. The molecule has 1 nitrogen and oxygen atoms in total. The minimum absolute atomic E-state index is 0.0146. The lowest BCUT2D eigenvalue weighted by atomic mass is 9.99. The highest BCUT2D eigenvalue weighted by Crippen LogP contribution is 2.20. The van der Waals surface area contributed by atoms with Gasteiger partial charge in [0, 0.05) is 10.8 Å². The second-order valence-corrected chi connectivity index (χ2v) is 3.65. The quantitative estimate of drug-likeness (QED) is 0.578.